The minimum atomic E-state index is 0. The van der Waals surface area contributed by atoms with Crippen LogP contribution >= 0.6 is 12.4 Å². The average Bonchev–Trinajstić information content (AvgIpc) is 2.47. The van der Waals surface area contributed by atoms with Crippen molar-refractivity contribution < 1.29 is 0 Å². The van der Waals surface area contributed by atoms with Crippen molar-refractivity contribution in [1.29, 1.82) is 0 Å². The summed E-state index contributed by atoms with van der Waals surface area (Å²) in [6.45, 7) is 1.73. The molecule has 1 aliphatic heterocycles. The highest BCUT2D eigenvalue weighted by Gasteiger charge is 2.11. The van der Waals surface area contributed by atoms with Gasteiger partial charge in [-0.2, -0.15) is 0 Å². The highest BCUT2D eigenvalue weighted by Crippen LogP contribution is 2.15. The predicted molar refractivity (Wildman–Crippen MR) is 50.3 cm³/mol. The van der Waals surface area contributed by atoms with E-state index in [-0.39, 0.29) is 12.4 Å². The maximum atomic E-state index is 5.56. The zero-order valence-corrected chi connectivity index (χ0v) is 7.81. The van der Waals surface area contributed by atoms with Gasteiger partial charge >= 0.3 is 0 Å². The quantitative estimate of drug-likeness (QED) is 0.716. The first-order valence-electron chi connectivity index (χ1n) is 4.15. The molecule has 12 heavy (non-hydrogen) atoms. The number of halogens is 1. The van der Waals surface area contributed by atoms with Crippen LogP contribution in [0.2, 0.25) is 0 Å². The molecule has 0 bridgehead atoms. The van der Waals surface area contributed by atoms with Crippen LogP contribution in [0, 0.1) is 0 Å². The van der Waals surface area contributed by atoms with E-state index in [1.807, 2.05) is 6.20 Å². The van der Waals surface area contributed by atoms with Gasteiger partial charge in [0.25, 0.3) is 0 Å². The Bertz CT molecular complexity index is 243. The Balaban J connectivity index is 0.000000720. The summed E-state index contributed by atoms with van der Waals surface area (Å²) in [7, 11) is 0. The molecule has 1 aromatic rings. The standard InChI is InChI=1S/C8H13N3.ClH/c9-5-7-6-10-8-3-1-2-4-11(7)8;/h6H,1-5,9H2;1H. The summed E-state index contributed by atoms with van der Waals surface area (Å²) in [6.07, 6.45) is 5.58. The van der Waals surface area contributed by atoms with E-state index in [0.717, 1.165) is 13.0 Å². The molecule has 0 unspecified atom stereocenters. The van der Waals surface area contributed by atoms with E-state index in [1.54, 1.807) is 0 Å². The van der Waals surface area contributed by atoms with E-state index < -0.39 is 0 Å². The molecule has 2 rings (SSSR count). The molecule has 2 heterocycles. The first kappa shape index (κ1) is 9.55. The molecule has 0 atom stereocenters. The number of nitrogens with zero attached hydrogens (tertiary/aromatic N) is 2. The van der Waals surface area contributed by atoms with Crippen LogP contribution in [0.15, 0.2) is 6.20 Å². The number of aryl methyl sites for hydroxylation is 1. The Morgan fingerprint density at radius 2 is 2.33 bits per heavy atom. The summed E-state index contributed by atoms with van der Waals surface area (Å²) >= 11 is 0. The van der Waals surface area contributed by atoms with Crippen molar-refractivity contribution in [3.63, 3.8) is 0 Å². The van der Waals surface area contributed by atoms with Gasteiger partial charge in [-0.25, -0.2) is 4.98 Å². The van der Waals surface area contributed by atoms with Gasteiger partial charge < -0.3 is 10.3 Å². The monoisotopic (exact) mass is 187 g/mol. The fourth-order valence-corrected chi connectivity index (χ4v) is 1.64. The summed E-state index contributed by atoms with van der Waals surface area (Å²) in [5, 5.41) is 0. The van der Waals surface area contributed by atoms with Crippen molar-refractivity contribution in [2.24, 2.45) is 5.73 Å². The summed E-state index contributed by atoms with van der Waals surface area (Å²) in [4.78, 5) is 4.31. The normalized spacial score (nSPS) is 15.1. The Labute approximate surface area is 78.4 Å². The summed E-state index contributed by atoms with van der Waals surface area (Å²) in [5.41, 5.74) is 6.74. The third-order valence-corrected chi connectivity index (χ3v) is 2.26. The van der Waals surface area contributed by atoms with Crippen LogP contribution < -0.4 is 5.73 Å². The molecular formula is C8H14ClN3. The molecule has 1 aromatic heterocycles. The smallest absolute Gasteiger partial charge is 0.108 e. The molecule has 0 aliphatic carbocycles. The number of fused-ring (bicyclic) bond motifs is 1. The second-order valence-electron chi connectivity index (χ2n) is 2.98. The molecule has 0 amide bonds. The van der Waals surface area contributed by atoms with Crippen LogP contribution in [-0.4, -0.2) is 9.55 Å². The first-order valence-corrected chi connectivity index (χ1v) is 4.15. The zero-order chi connectivity index (χ0) is 7.68. The van der Waals surface area contributed by atoms with Crippen LogP contribution in [0.1, 0.15) is 24.4 Å². The number of hydrogen-bond acceptors (Lipinski definition) is 2. The molecule has 0 radical (unpaired) electrons. The van der Waals surface area contributed by atoms with E-state index in [1.165, 1.54) is 24.4 Å². The minimum absolute atomic E-state index is 0. The highest BCUT2D eigenvalue weighted by atomic mass is 35.5. The Kier molecular flexibility index (Phi) is 3.12. The van der Waals surface area contributed by atoms with Crippen LogP contribution in [0.25, 0.3) is 0 Å². The SMILES string of the molecule is Cl.NCc1cnc2n1CCCC2. The van der Waals surface area contributed by atoms with Crippen molar-refractivity contribution in [1.82, 2.24) is 9.55 Å². The summed E-state index contributed by atoms with van der Waals surface area (Å²) in [5.74, 6) is 1.22. The molecule has 0 fully saturated rings. The maximum absolute atomic E-state index is 5.56. The van der Waals surface area contributed by atoms with Crippen molar-refractivity contribution in [3.8, 4) is 0 Å². The largest absolute Gasteiger partial charge is 0.331 e. The van der Waals surface area contributed by atoms with Gasteiger partial charge in [-0.3, -0.25) is 0 Å². The number of aromatic nitrogens is 2. The molecular weight excluding hydrogens is 174 g/mol. The molecule has 1 aliphatic rings. The van der Waals surface area contributed by atoms with Crippen molar-refractivity contribution in [2.45, 2.75) is 32.4 Å². The van der Waals surface area contributed by atoms with E-state index >= 15 is 0 Å². The lowest BCUT2D eigenvalue weighted by molar-refractivity contribution is 0.508. The lowest BCUT2D eigenvalue weighted by Gasteiger charge is -2.15. The third-order valence-electron chi connectivity index (χ3n) is 2.26. The van der Waals surface area contributed by atoms with Gasteiger partial charge in [0.1, 0.15) is 5.82 Å². The fraction of sp³-hybridized carbons (Fsp3) is 0.625. The summed E-state index contributed by atoms with van der Waals surface area (Å²) in [6, 6.07) is 0. The van der Waals surface area contributed by atoms with Crippen LogP contribution in [0.5, 0.6) is 0 Å². The Morgan fingerprint density at radius 3 is 3.08 bits per heavy atom. The maximum Gasteiger partial charge on any atom is 0.108 e. The molecule has 0 saturated heterocycles. The van der Waals surface area contributed by atoms with Crippen LogP contribution in [-0.2, 0) is 19.5 Å². The number of hydrogen-bond donors (Lipinski definition) is 1. The number of imidazole rings is 1. The van der Waals surface area contributed by atoms with E-state index in [4.69, 9.17) is 5.73 Å². The lowest BCUT2D eigenvalue weighted by Crippen LogP contribution is -2.14. The minimum Gasteiger partial charge on any atom is -0.331 e. The molecule has 68 valence electrons. The topological polar surface area (TPSA) is 43.8 Å². The van der Waals surface area contributed by atoms with Crippen LogP contribution in [0.4, 0.5) is 0 Å². The average molecular weight is 188 g/mol. The van der Waals surface area contributed by atoms with Gasteiger partial charge in [0, 0.05) is 25.7 Å². The van der Waals surface area contributed by atoms with Crippen molar-refractivity contribution in [2.75, 3.05) is 0 Å². The molecule has 4 heteroatoms. The van der Waals surface area contributed by atoms with Crippen molar-refractivity contribution in [3.05, 3.63) is 17.7 Å². The lowest BCUT2D eigenvalue weighted by atomic mass is 10.2. The number of nitrogens with two attached hydrogens (primary N) is 1. The van der Waals surface area contributed by atoms with Gasteiger partial charge in [-0.05, 0) is 12.8 Å². The number of rotatable bonds is 1. The second kappa shape index (κ2) is 3.92. The van der Waals surface area contributed by atoms with E-state index in [0.29, 0.717) is 6.54 Å². The molecule has 3 nitrogen and oxygen atoms in total. The fourth-order valence-electron chi connectivity index (χ4n) is 1.64. The van der Waals surface area contributed by atoms with E-state index in [2.05, 4.69) is 9.55 Å². The van der Waals surface area contributed by atoms with Gasteiger partial charge in [0.15, 0.2) is 0 Å². The molecule has 0 aromatic carbocycles. The van der Waals surface area contributed by atoms with Crippen LogP contribution in [0.3, 0.4) is 0 Å². The second-order valence-corrected chi connectivity index (χ2v) is 2.98. The molecule has 2 N–H and O–H groups in total. The Morgan fingerprint density at radius 1 is 1.50 bits per heavy atom. The van der Waals surface area contributed by atoms with Gasteiger partial charge in [-0.1, -0.05) is 0 Å². The zero-order valence-electron chi connectivity index (χ0n) is 6.99. The third kappa shape index (κ3) is 1.47. The van der Waals surface area contributed by atoms with Gasteiger partial charge in [0.2, 0.25) is 0 Å². The van der Waals surface area contributed by atoms with Gasteiger partial charge in [0.05, 0.1) is 5.69 Å². The first-order chi connectivity index (χ1) is 5.42. The molecule has 0 spiro atoms. The Hall–Kier alpha value is -0.540. The van der Waals surface area contributed by atoms with Crippen molar-refractivity contribution >= 4 is 12.4 Å². The predicted octanol–water partition coefficient (Wildman–Crippen LogP) is 1.10. The molecule has 0 saturated carbocycles. The van der Waals surface area contributed by atoms with Gasteiger partial charge in [-0.15, -0.1) is 12.4 Å². The summed E-state index contributed by atoms with van der Waals surface area (Å²) < 4.78 is 2.25. The van der Waals surface area contributed by atoms with E-state index in [9.17, 15) is 0 Å². The highest BCUT2D eigenvalue weighted by molar-refractivity contribution is 5.85.